The minimum absolute atomic E-state index is 0.0344. The maximum absolute atomic E-state index is 11.4. The molecular weight excluding hydrogens is 354 g/mol. The zero-order chi connectivity index (χ0) is 13.7. The number of esters is 1. The van der Waals surface area contributed by atoms with Gasteiger partial charge in [-0.2, -0.15) is 0 Å². The van der Waals surface area contributed by atoms with Gasteiger partial charge in [0.1, 0.15) is 5.75 Å². The number of methoxy groups -OCH3 is 2. The van der Waals surface area contributed by atoms with E-state index in [4.69, 9.17) is 9.47 Å². The average Bonchev–Trinajstić information content (AvgIpc) is 2.35. The fourth-order valence-corrected chi connectivity index (χ4v) is 2.11. The summed E-state index contributed by atoms with van der Waals surface area (Å²) in [6.45, 7) is -0.0344. The van der Waals surface area contributed by atoms with Crippen molar-refractivity contribution in [1.82, 2.24) is 0 Å². The van der Waals surface area contributed by atoms with Crippen LogP contribution >= 0.6 is 22.6 Å². The molecule has 0 unspecified atom stereocenters. The second kappa shape index (κ2) is 6.93. The monoisotopic (exact) mass is 366 g/mol. The Kier molecular flexibility index (Phi) is 5.86. The molecule has 0 saturated carbocycles. The summed E-state index contributed by atoms with van der Waals surface area (Å²) in [6.07, 6.45) is 0. The van der Waals surface area contributed by atoms with Crippen molar-refractivity contribution >= 4 is 41.1 Å². The van der Waals surface area contributed by atoms with Crippen LogP contribution in [0.1, 0.15) is 10.4 Å². The minimum atomic E-state index is -1.75. The molecule has 0 fully saturated rings. The fraction of sp³-hybridized carbons (Fsp3) is 0.300. The van der Waals surface area contributed by atoms with Crippen molar-refractivity contribution in [3.8, 4) is 5.75 Å². The van der Waals surface area contributed by atoms with Crippen molar-refractivity contribution in [2.24, 2.45) is 0 Å². The Morgan fingerprint density at radius 1 is 1.39 bits per heavy atom. The molecule has 2 N–H and O–H groups in total. The Hall–Kier alpha value is -0.835. The summed E-state index contributed by atoms with van der Waals surface area (Å²) in [4.78, 5) is 11.4. The van der Waals surface area contributed by atoms with Crippen LogP contribution in [0.4, 0.5) is 0 Å². The van der Waals surface area contributed by atoms with Crippen molar-refractivity contribution in [1.29, 1.82) is 0 Å². The molecule has 0 aliphatic heterocycles. The zero-order valence-electron chi connectivity index (χ0n) is 9.84. The van der Waals surface area contributed by atoms with E-state index in [1.165, 1.54) is 26.4 Å². The Bertz CT molecular complexity index is 437. The molecule has 0 aliphatic rings. The van der Waals surface area contributed by atoms with Crippen LogP contribution in [0.5, 0.6) is 5.75 Å². The highest BCUT2D eigenvalue weighted by molar-refractivity contribution is 14.1. The first-order valence-electron chi connectivity index (χ1n) is 4.90. The van der Waals surface area contributed by atoms with E-state index in [1.54, 1.807) is 0 Å². The quantitative estimate of drug-likeness (QED) is 0.324. The van der Waals surface area contributed by atoms with E-state index in [0.29, 0.717) is 3.57 Å². The summed E-state index contributed by atoms with van der Waals surface area (Å²) < 4.78 is 15.1. The molecule has 0 aliphatic carbocycles. The fourth-order valence-electron chi connectivity index (χ4n) is 1.31. The Morgan fingerprint density at radius 3 is 2.56 bits per heavy atom. The third kappa shape index (κ3) is 3.58. The van der Waals surface area contributed by atoms with Crippen LogP contribution in [0, 0.1) is 3.57 Å². The van der Waals surface area contributed by atoms with Gasteiger partial charge in [0.25, 0.3) is 0 Å². The van der Waals surface area contributed by atoms with Gasteiger partial charge in [0.2, 0.25) is 0 Å². The lowest BCUT2D eigenvalue weighted by molar-refractivity contribution is 0.0510. The van der Waals surface area contributed by atoms with E-state index in [9.17, 15) is 14.8 Å². The lowest BCUT2D eigenvalue weighted by Crippen LogP contribution is -2.33. The Balaban J connectivity index is 3.22. The second-order valence-electron chi connectivity index (χ2n) is 3.29. The molecule has 0 atom stereocenters. The molecule has 18 heavy (non-hydrogen) atoms. The molecule has 0 heterocycles. The van der Waals surface area contributed by atoms with Crippen LogP contribution in [0.2, 0.25) is 0 Å². The van der Waals surface area contributed by atoms with Crippen LogP contribution in [0.25, 0.3) is 0 Å². The van der Waals surface area contributed by atoms with E-state index >= 15 is 0 Å². The van der Waals surface area contributed by atoms with Gasteiger partial charge in [-0.3, -0.25) is 0 Å². The third-order valence-electron chi connectivity index (χ3n) is 2.09. The maximum atomic E-state index is 11.4. The van der Waals surface area contributed by atoms with Crippen molar-refractivity contribution in [2.45, 2.75) is 0 Å². The predicted molar refractivity (Wildman–Crippen MR) is 72.8 cm³/mol. The summed E-state index contributed by atoms with van der Waals surface area (Å²) in [5.41, 5.74) is 0.300. The van der Waals surface area contributed by atoms with Crippen LogP contribution in [0.3, 0.4) is 0 Å². The average molecular weight is 366 g/mol. The number of carbonyl (C=O) groups excluding carboxylic acids is 1. The summed E-state index contributed by atoms with van der Waals surface area (Å²) in [6, 6.07) is 2.84. The molecule has 8 heteroatoms. The topological polar surface area (TPSA) is 85.2 Å². The molecule has 1 aromatic carbocycles. The van der Waals surface area contributed by atoms with Gasteiger partial charge >= 0.3 is 13.1 Å². The lowest BCUT2D eigenvalue weighted by atomic mass is 9.78. The molecule has 0 bridgehead atoms. The van der Waals surface area contributed by atoms with Gasteiger partial charge in [0.15, 0.2) is 6.79 Å². The SMILES string of the molecule is COCOc1c(I)cc(C(=O)OC)cc1B(O)O. The minimum Gasteiger partial charge on any atom is -0.467 e. The maximum Gasteiger partial charge on any atom is 0.492 e. The number of hydrogen-bond donors (Lipinski definition) is 2. The van der Waals surface area contributed by atoms with Gasteiger partial charge in [-0.05, 0) is 34.7 Å². The van der Waals surface area contributed by atoms with Crippen LogP contribution < -0.4 is 10.2 Å². The van der Waals surface area contributed by atoms with Gasteiger partial charge in [0, 0.05) is 12.6 Å². The molecule has 0 spiro atoms. The van der Waals surface area contributed by atoms with Gasteiger partial charge < -0.3 is 24.3 Å². The largest absolute Gasteiger partial charge is 0.492 e. The molecule has 6 nitrogen and oxygen atoms in total. The highest BCUT2D eigenvalue weighted by Gasteiger charge is 2.23. The summed E-state index contributed by atoms with van der Waals surface area (Å²) in [7, 11) is 0.944. The molecule has 1 aromatic rings. The van der Waals surface area contributed by atoms with Gasteiger partial charge in [-0.1, -0.05) is 0 Å². The molecular formula is C10H12BIO6. The van der Waals surface area contributed by atoms with E-state index in [-0.39, 0.29) is 23.6 Å². The van der Waals surface area contributed by atoms with Crippen molar-refractivity contribution in [3.05, 3.63) is 21.3 Å². The normalized spacial score (nSPS) is 10.1. The van der Waals surface area contributed by atoms with E-state index in [1.807, 2.05) is 22.6 Å². The van der Waals surface area contributed by atoms with E-state index < -0.39 is 13.1 Å². The highest BCUT2D eigenvalue weighted by Crippen LogP contribution is 2.21. The number of ether oxygens (including phenoxy) is 3. The Labute approximate surface area is 118 Å². The zero-order valence-corrected chi connectivity index (χ0v) is 12.0. The first-order chi connectivity index (χ1) is 8.51. The molecule has 0 amide bonds. The smallest absolute Gasteiger partial charge is 0.467 e. The van der Waals surface area contributed by atoms with Gasteiger partial charge in [-0.15, -0.1) is 0 Å². The number of rotatable bonds is 5. The standard InChI is InChI=1S/C10H12BIO6/c1-16-5-18-9-7(11(14)15)3-6(4-8(9)12)10(13)17-2/h3-4,14-15H,5H2,1-2H3. The van der Waals surface area contributed by atoms with E-state index in [0.717, 1.165) is 0 Å². The van der Waals surface area contributed by atoms with Crippen molar-refractivity contribution < 1.29 is 29.1 Å². The summed E-state index contributed by atoms with van der Waals surface area (Å²) in [5.74, 6) is -0.298. The first kappa shape index (κ1) is 15.2. The summed E-state index contributed by atoms with van der Waals surface area (Å²) >= 11 is 1.92. The van der Waals surface area contributed by atoms with Gasteiger partial charge in [0.05, 0.1) is 16.2 Å². The van der Waals surface area contributed by atoms with Crippen LogP contribution in [-0.4, -0.2) is 44.1 Å². The lowest BCUT2D eigenvalue weighted by Gasteiger charge is -2.13. The summed E-state index contributed by atoms with van der Waals surface area (Å²) in [5, 5.41) is 18.6. The van der Waals surface area contributed by atoms with Crippen molar-refractivity contribution in [3.63, 3.8) is 0 Å². The number of halogens is 1. The molecule has 1 rings (SSSR count). The Morgan fingerprint density at radius 2 is 2.06 bits per heavy atom. The van der Waals surface area contributed by atoms with Crippen LogP contribution in [0.15, 0.2) is 12.1 Å². The predicted octanol–water partition coefficient (Wildman–Crippen LogP) is -0.260. The van der Waals surface area contributed by atoms with E-state index in [2.05, 4.69) is 4.74 Å². The number of benzene rings is 1. The number of hydrogen-bond acceptors (Lipinski definition) is 6. The molecule has 0 saturated heterocycles. The number of carbonyl (C=O) groups is 1. The first-order valence-corrected chi connectivity index (χ1v) is 5.98. The third-order valence-corrected chi connectivity index (χ3v) is 2.89. The molecule has 0 aromatic heterocycles. The highest BCUT2D eigenvalue weighted by atomic mass is 127. The van der Waals surface area contributed by atoms with Crippen molar-refractivity contribution in [2.75, 3.05) is 21.0 Å². The van der Waals surface area contributed by atoms with Gasteiger partial charge in [-0.25, -0.2) is 4.79 Å². The molecule has 98 valence electrons. The second-order valence-corrected chi connectivity index (χ2v) is 4.45. The van der Waals surface area contributed by atoms with Crippen LogP contribution in [-0.2, 0) is 9.47 Å². The molecule has 0 radical (unpaired) electrons.